The van der Waals surface area contributed by atoms with Crippen LogP contribution in [0.5, 0.6) is 5.75 Å². The van der Waals surface area contributed by atoms with Crippen molar-refractivity contribution in [2.24, 2.45) is 5.92 Å². The second kappa shape index (κ2) is 5.82. The van der Waals surface area contributed by atoms with Crippen LogP contribution in [0.1, 0.15) is 24.0 Å². The first-order chi connectivity index (χ1) is 9.80. The maximum atomic E-state index is 9.12. The largest absolute Gasteiger partial charge is 0.495 e. The maximum absolute atomic E-state index is 9.12. The number of hydrogen-bond donors (Lipinski definition) is 1. The molecule has 4 heteroatoms. The van der Waals surface area contributed by atoms with Gasteiger partial charge in [0.25, 0.3) is 0 Å². The third-order valence-electron chi connectivity index (χ3n) is 4.61. The predicted molar refractivity (Wildman–Crippen MR) is 77.5 cm³/mol. The lowest BCUT2D eigenvalue weighted by Crippen LogP contribution is -2.55. The highest BCUT2D eigenvalue weighted by molar-refractivity contribution is 5.45. The molecule has 0 spiro atoms. The van der Waals surface area contributed by atoms with E-state index in [9.17, 15) is 0 Å². The molecular formula is C16H21N3O. The molecule has 3 fully saturated rings. The van der Waals surface area contributed by atoms with Crippen LogP contribution in [0.2, 0.25) is 0 Å². The van der Waals surface area contributed by atoms with Crippen molar-refractivity contribution in [3.05, 3.63) is 29.3 Å². The summed E-state index contributed by atoms with van der Waals surface area (Å²) >= 11 is 0. The number of methoxy groups -OCH3 is 1. The zero-order valence-electron chi connectivity index (χ0n) is 11.9. The molecule has 0 radical (unpaired) electrons. The maximum Gasteiger partial charge on any atom is 0.136 e. The standard InChI is InChI=1S/C16H21N3O/c1-20-16-3-2-12(8-14(16)9-17)10-18-15-11-19-6-4-13(15)5-7-19/h2-3,8,13,15,18H,4-7,10-11H2,1H3. The van der Waals surface area contributed by atoms with Crippen LogP contribution in [0, 0.1) is 17.2 Å². The summed E-state index contributed by atoms with van der Waals surface area (Å²) < 4.78 is 5.18. The second-order valence-corrected chi connectivity index (χ2v) is 5.77. The third kappa shape index (κ3) is 2.65. The van der Waals surface area contributed by atoms with Crippen LogP contribution in [0.4, 0.5) is 0 Å². The molecule has 4 nitrogen and oxygen atoms in total. The van der Waals surface area contributed by atoms with Gasteiger partial charge in [0.05, 0.1) is 12.7 Å². The van der Waals surface area contributed by atoms with Crippen LogP contribution in [0.15, 0.2) is 18.2 Å². The Labute approximate surface area is 120 Å². The molecule has 3 saturated heterocycles. The normalized spacial score (nSPS) is 28.1. The minimum Gasteiger partial charge on any atom is -0.495 e. The van der Waals surface area contributed by atoms with Crippen LogP contribution in [-0.2, 0) is 6.54 Å². The van der Waals surface area contributed by atoms with Crippen molar-refractivity contribution >= 4 is 0 Å². The van der Waals surface area contributed by atoms with Crippen molar-refractivity contribution in [1.82, 2.24) is 10.2 Å². The molecule has 1 atom stereocenters. The first kappa shape index (κ1) is 13.4. The SMILES string of the molecule is COc1ccc(CNC2CN3CCC2CC3)cc1C#N. The van der Waals surface area contributed by atoms with E-state index in [2.05, 4.69) is 16.3 Å². The molecule has 0 saturated carbocycles. The lowest BCUT2D eigenvalue weighted by Gasteiger charge is -2.45. The van der Waals surface area contributed by atoms with Gasteiger partial charge in [0, 0.05) is 19.1 Å². The van der Waals surface area contributed by atoms with Crippen molar-refractivity contribution in [1.29, 1.82) is 5.26 Å². The number of nitrogens with one attached hydrogen (secondary N) is 1. The van der Waals surface area contributed by atoms with Gasteiger partial charge in [0.2, 0.25) is 0 Å². The molecule has 3 aliphatic rings. The summed E-state index contributed by atoms with van der Waals surface area (Å²) in [6.45, 7) is 4.54. The molecule has 1 aromatic carbocycles. The Kier molecular flexibility index (Phi) is 3.90. The number of benzene rings is 1. The van der Waals surface area contributed by atoms with Crippen LogP contribution < -0.4 is 10.1 Å². The molecule has 2 bridgehead atoms. The number of ether oxygens (including phenoxy) is 1. The van der Waals surface area contributed by atoms with E-state index in [1.165, 1.54) is 32.5 Å². The molecular weight excluding hydrogens is 250 g/mol. The fourth-order valence-corrected chi connectivity index (χ4v) is 3.40. The number of hydrogen-bond acceptors (Lipinski definition) is 4. The zero-order valence-corrected chi connectivity index (χ0v) is 11.9. The van der Waals surface area contributed by atoms with Crippen LogP contribution >= 0.6 is 0 Å². The first-order valence-electron chi connectivity index (χ1n) is 7.33. The summed E-state index contributed by atoms with van der Waals surface area (Å²) in [5, 5.41) is 12.8. The van der Waals surface area contributed by atoms with Crippen molar-refractivity contribution in [2.45, 2.75) is 25.4 Å². The average Bonchev–Trinajstić information content (AvgIpc) is 2.53. The van der Waals surface area contributed by atoms with Gasteiger partial charge < -0.3 is 15.0 Å². The number of nitriles is 1. The summed E-state index contributed by atoms with van der Waals surface area (Å²) in [5.41, 5.74) is 1.76. The molecule has 3 aliphatic heterocycles. The Morgan fingerprint density at radius 3 is 2.80 bits per heavy atom. The van der Waals surface area contributed by atoms with E-state index in [0.29, 0.717) is 17.4 Å². The van der Waals surface area contributed by atoms with E-state index in [1.807, 2.05) is 18.2 Å². The molecule has 20 heavy (non-hydrogen) atoms. The molecule has 1 N–H and O–H groups in total. The third-order valence-corrected chi connectivity index (χ3v) is 4.61. The Balaban J connectivity index is 1.62. The fraction of sp³-hybridized carbons (Fsp3) is 0.562. The summed E-state index contributed by atoms with van der Waals surface area (Å²) in [6, 6.07) is 8.63. The van der Waals surface area contributed by atoms with Gasteiger partial charge in [-0.3, -0.25) is 0 Å². The van der Waals surface area contributed by atoms with E-state index in [0.717, 1.165) is 18.0 Å². The molecule has 0 amide bonds. The molecule has 106 valence electrons. The Hall–Kier alpha value is -1.57. The summed E-state index contributed by atoms with van der Waals surface area (Å²) in [5.74, 6) is 1.48. The van der Waals surface area contributed by atoms with Crippen molar-refractivity contribution in [3.8, 4) is 11.8 Å². The molecule has 1 unspecified atom stereocenters. The highest BCUT2D eigenvalue weighted by Crippen LogP contribution is 2.27. The van der Waals surface area contributed by atoms with Crippen molar-refractivity contribution < 1.29 is 4.74 Å². The van der Waals surface area contributed by atoms with Crippen molar-refractivity contribution in [3.63, 3.8) is 0 Å². The first-order valence-corrected chi connectivity index (χ1v) is 7.33. The molecule has 3 heterocycles. The topological polar surface area (TPSA) is 48.3 Å². The highest BCUT2D eigenvalue weighted by atomic mass is 16.5. The van der Waals surface area contributed by atoms with Gasteiger partial charge >= 0.3 is 0 Å². The average molecular weight is 271 g/mol. The summed E-state index contributed by atoms with van der Waals surface area (Å²) in [7, 11) is 1.60. The Bertz CT molecular complexity index is 515. The van der Waals surface area contributed by atoms with E-state index in [4.69, 9.17) is 10.00 Å². The summed E-state index contributed by atoms with van der Waals surface area (Å²) in [6.07, 6.45) is 2.65. The van der Waals surface area contributed by atoms with Gasteiger partial charge in [-0.2, -0.15) is 5.26 Å². The van der Waals surface area contributed by atoms with Gasteiger partial charge in [-0.25, -0.2) is 0 Å². The molecule has 0 aliphatic carbocycles. The minimum atomic E-state index is 0.602. The second-order valence-electron chi connectivity index (χ2n) is 5.77. The van der Waals surface area contributed by atoms with Gasteiger partial charge in [-0.05, 0) is 49.5 Å². The van der Waals surface area contributed by atoms with E-state index in [-0.39, 0.29) is 0 Å². The van der Waals surface area contributed by atoms with Crippen LogP contribution in [0.25, 0.3) is 0 Å². The minimum absolute atomic E-state index is 0.602. The van der Waals surface area contributed by atoms with Gasteiger partial charge in [-0.15, -0.1) is 0 Å². The van der Waals surface area contributed by atoms with Gasteiger partial charge in [-0.1, -0.05) is 6.07 Å². The van der Waals surface area contributed by atoms with Crippen molar-refractivity contribution in [2.75, 3.05) is 26.7 Å². The number of nitrogens with zero attached hydrogens (tertiary/aromatic N) is 2. The lowest BCUT2D eigenvalue weighted by molar-refractivity contribution is 0.0720. The number of piperidine rings is 3. The summed E-state index contributed by atoms with van der Waals surface area (Å²) in [4.78, 5) is 2.55. The van der Waals surface area contributed by atoms with E-state index >= 15 is 0 Å². The van der Waals surface area contributed by atoms with Gasteiger partial charge in [0.1, 0.15) is 11.8 Å². The van der Waals surface area contributed by atoms with Gasteiger partial charge in [0.15, 0.2) is 0 Å². The highest BCUT2D eigenvalue weighted by Gasteiger charge is 2.33. The zero-order chi connectivity index (χ0) is 13.9. The number of rotatable bonds is 4. The van der Waals surface area contributed by atoms with E-state index in [1.54, 1.807) is 7.11 Å². The predicted octanol–water partition coefficient (Wildman–Crippen LogP) is 1.75. The monoisotopic (exact) mass is 271 g/mol. The van der Waals surface area contributed by atoms with E-state index < -0.39 is 0 Å². The van der Waals surface area contributed by atoms with Crippen LogP contribution in [0.3, 0.4) is 0 Å². The fourth-order valence-electron chi connectivity index (χ4n) is 3.40. The molecule has 0 aromatic heterocycles. The number of fused-ring (bicyclic) bond motifs is 3. The quantitative estimate of drug-likeness (QED) is 0.906. The lowest BCUT2D eigenvalue weighted by atomic mass is 9.84. The molecule has 4 rings (SSSR count). The smallest absolute Gasteiger partial charge is 0.136 e. The van der Waals surface area contributed by atoms with Crippen LogP contribution in [-0.4, -0.2) is 37.7 Å². The Morgan fingerprint density at radius 2 is 2.20 bits per heavy atom. The molecule has 1 aromatic rings. The Morgan fingerprint density at radius 1 is 1.40 bits per heavy atom.